The Labute approximate surface area is 118 Å². The van der Waals surface area contributed by atoms with Gasteiger partial charge in [0.25, 0.3) is 0 Å². The summed E-state index contributed by atoms with van der Waals surface area (Å²) in [5.74, 6) is 1.46. The molecule has 1 aromatic carbocycles. The van der Waals surface area contributed by atoms with Crippen LogP contribution >= 0.6 is 11.6 Å². The molecule has 1 heterocycles. The van der Waals surface area contributed by atoms with Gasteiger partial charge in [-0.05, 0) is 38.6 Å². The molecule has 1 N–H and O–H groups in total. The molecule has 2 aromatic rings. The molecule has 19 heavy (non-hydrogen) atoms. The van der Waals surface area contributed by atoms with Crippen LogP contribution in [-0.4, -0.2) is 12.0 Å². The van der Waals surface area contributed by atoms with Crippen molar-refractivity contribution >= 4 is 11.6 Å². The second kappa shape index (κ2) is 6.04. The summed E-state index contributed by atoms with van der Waals surface area (Å²) < 4.78 is 5.94. The van der Waals surface area contributed by atoms with Crippen molar-refractivity contribution in [3.05, 3.63) is 52.3 Å². The highest BCUT2D eigenvalue weighted by atomic mass is 35.5. The number of pyridine rings is 1. The number of rotatable bonds is 4. The third-order valence-corrected chi connectivity index (χ3v) is 3.07. The van der Waals surface area contributed by atoms with E-state index in [4.69, 9.17) is 16.3 Å². The summed E-state index contributed by atoms with van der Waals surface area (Å²) in [5.41, 5.74) is 3.03. The van der Waals surface area contributed by atoms with Gasteiger partial charge in [0.1, 0.15) is 11.5 Å². The first kappa shape index (κ1) is 13.8. The molecular weight excluding hydrogens is 260 g/mol. The first-order chi connectivity index (χ1) is 9.10. The topological polar surface area (TPSA) is 34.2 Å². The number of nitrogens with one attached hydrogen (secondary N) is 1. The summed E-state index contributed by atoms with van der Waals surface area (Å²) in [7, 11) is 1.89. The Morgan fingerprint density at radius 2 is 2.00 bits per heavy atom. The van der Waals surface area contributed by atoms with Gasteiger partial charge in [-0.1, -0.05) is 17.7 Å². The van der Waals surface area contributed by atoms with Crippen LogP contribution in [0, 0.1) is 13.8 Å². The fourth-order valence-corrected chi connectivity index (χ4v) is 1.94. The van der Waals surface area contributed by atoms with E-state index in [1.807, 2.05) is 51.4 Å². The molecule has 0 spiro atoms. The van der Waals surface area contributed by atoms with Gasteiger partial charge in [-0.3, -0.25) is 4.98 Å². The summed E-state index contributed by atoms with van der Waals surface area (Å²) in [6.07, 6.45) is 1.82. The Morgan fingerprint density at radius 1 is 1.21 bits per heavy atom. The van der Waals surface area contributed by atoms with Crippen molar-refractivity contribution in [1.82, 2.24) is 10.3 Å². The van der Waals surface area contributed by atoms with E-state index in [2.05, 4.69) is 10.3 Å². The second-order valence-corrected chi connectivity index (χ2v) is 4.91. The van der Waals surface area contributed by atoms with Crippen molar-refractivity contribution in [2.24, 2.45) is 0 Å². The molecule has 0 atom stereocenters. The number of benzene rings is 1. The first-order valence-electron chi connectivity index (χ1n) is 6.14. The summed E-state index contributed by atoms with van der Waals surface area (Å²) in [6.45, 7) is 4.65. The quantitative estimate of drug-likeness (QED) is 0.921. The van der Waals surface area contributed by atoms with Gasteiger partial charge in [-0.15, -0.1) is 0 Å². The largest absolute Gasteiger partial charge is 0.455 e. The van der Waals surface area contributed by atoms with E-state index >= 15 is 0 Å². The lowest BCUT2D eigenvalue weighted by atomic mass is 10.2. The summed E-state index contributed by atoms with van der Waals surface area (Å²) in [5, 5.41) is 3.71. The Morgan fingerprint density at radius 3 is 2.74 bits per heavy atom. The van der Waals surface area contributed by atoms with Gasteiger partial charge in [-0.25, -0.2) is 0 Å². The molecule has 0 saturated heterocycles. The maximum absolute atomic E-state index is 6.16. The van der Waals surface area contributed by atoms with E-state index in [0.29, 0.717) is 17.3 Å². The second-order valence-electron chi connectivity index (χ2n) is 4.50. The first-order valence-corrected chi connectivity index (χ1v) is 6.52. The monoisotopic (exact) mass is 276 g/mol. The van der Waals surface area contributed by atoms with Gasteiger partial charge in [0.15, 0.2) is 0 Å². The van der Waals surface area contributed by atoms with Gasteiger partial charge in [0.05, 0.1) is 5.02 Å². The van der Waals surface area contributed by atoms with Crippen LogP contribution in [0.3, 0.4) is 0 Å². The molecule has 0 bridgehead atoms. The fraction of sp³-hybridized carbons (Fsp3) is 0.267. The third kappa shape index (κ3) is 3.46. The highest BCUT2D eigenvalue weighted by molar-refractivity contribution is 6.32. The zero-order valence-electron chi connectivity index (χ0n) is 11.3. The van der Waals surface area contributed by atoms with Crippen LogP contribution in [0.5, 0.6) is 11.5 Å². The normalized spacial score (nSPS) is 10.5. The third-order valence-electron chi connectivity index (χ3n) is 2.75. The van der Waals surface area contributed by atoms with E-state index in [9.17, 15) is 0 Å². The molecule has 2 rings (SSSR count). The van der Waals surface area contributed by atoms with Crippen molar-refractivity contribution in [2.45, 2.75) is 20.4 Å². The number of halogens is 1. The molecule has 0 aliphatic carbocycles. The maximum atomic E-state index is 6.16. The number of hydrogen-bond donors (Lipinski definition) is 1. The highest BCUT2D eigenvalue weighted by Gasteiger charge is 2.08. The highest BCUT2D eigenvalue weighted by Crippen LogP contribution is 2.32. The van der Waals surface area contributed by atoms with Crippen LogP contribution in [0.25, 0.3) is 0 Å². The van der Waals surface area contributed by atoms with Crippen LogP contribution in [0.2, 0.25) is 5.02 Å². The van der Waals surface area contributed by atoms with E-state index in [1.165, 1.54) is 0 Å². The van der Waals surface area contributed by atoms with Crippen molar-refractivity contribution in [2.75, 3.05) is 7.05 Å². The Kier molecular flexibility index (Phi) is 4.40. The maximum Gasteiger partial charge on any atom is 0.146 e. The van der Waals surface area contributed by atoms with Crippen LogP contribution in [0.4, 0.5) is 0 Å². The van der Waals surface area contributed by atoms with Crippen molar-refractivity contribution < 1.29 is 4.74 Å². The standard InChI is InChI=1S/C15H17ClN2O/c1-10-4-5-13(16)15(6-10)19-14-7-11(2)18-9-12(14)8-17-3/h4-7,9,17H,8H2,1-3H3. The molecule has 0 saturated carbocycles. The van der Waals surface area contributed by atoms with Gasteiger partial charge >= 0.3 is 0 Å². The molecule has 0 aliphatic rings. The molecule has 0 unspecified atom stereocenters. The molecular formula is C15H17ClN2O. The Hall–Kier alpha value is -1.58. The average molecular weight is 277 g/mol. The molecule has 0 aliphatic heterocycles. The smallest absolute Gasteiger partial charge is 0.146 e. The van der Waals surface area contributed by atoms with Crippen LogP contribution in [0.1, 0.15) is 16.8 Å². The van der Waals surface area contributed by atoms with Crippen molar-refractivity contribution in [3.63, 3.8) is 0 Å². The fourth-order valence-electron chi connectivity index (χ4n) is 1.79. The molecule has 100 valence electrons. The minimum atomic E-state index is 0.607. The van der Waals surface area contributed by atoms with Gasteiger partial charge in [-0.2, -0.15) is 0 Å². The van der Waals surface area contributed by atoms with E-state index in [0.717, 1.165) is 22.6 Å². The van der Waals surface area contributed by atoms with E-state index in [1.54, 1.807) is 0 Å². The van der Waals surface area contributed by atoms with E-state index < -0.39 is 0 Å². The number of aromatic nitrogens is 1. The zero-order valence-corrected chi connectivity index (χ0v) is 12.1. The van der Waals surface area contributed by atoms with Gasteiger partial charge in [0.2, 0.25) is 0 Å². The van der Waals surface area contributed by atoms with Crippen molar-refractivity contribution in [1.29, 1.82) is 0 Å². The predicted molar refractivity (Wildman–Crippen MR) is 78.0 cm³/mol. The predicted octanol–water partition coefficient (Wildman–Crippen LogP) is 3.86. The molecule has 4 heteroatoms. The number of nitrogens with zero attached hydrogens (tertiary/aromatic N) is 1. The number of ether oxygens (including phenoxy) is 1. The van der Waals surface area contributed by atoms with Crippen LogP contribution < -0.4 is 10.1 Å². The lowest BCUT2D eigenvalue weighted by molar-refractivity contribution is 0.472. The summed E-state index contributed by atoms with van der Waals surface area (Å²) >= 11 is 6.16. The Bertz CT molecular complexity index is 584. The minimum Gasteiger partial charge on any atom is -0.455 e. The lowest BCUT2D eigenvalue weighted by Gasteiger charge is -2.13. The van der Waals surface area contributed by atoms with Crippen LogP contribution in [0.15, 0.2) is 30.5 Å². The molecule has 0 fully saturated rings. The number of hydrogen-bond acceptors (Lipinski definition) is 3. The van der Waals surface area contributed by atoms with E-state index in [-0.39, 0.29) is 0 Å². The molecule has 0 radical (unpaired) electrons. The molecule has 3 nitrogen and oxygen atoms in total. The lowest BCUT2D eigenvalue weighted by Crippen LogP contribution is -2.07. The molecule has 0 amide bonds. The number of aryl methyl sites for hydroxylation is 2. The van der Waals surface area contributed by atoms with Gasteiger partial charge < -0.3 is 10.1 Å². The summed E-state index contributed by atoms with van der Waals surface area (Å²) in [6, 6.07) is 7.66. The zero-order chi connectivity index (χ0) is 13.8. The summed E-state index contributed by atoms with van der Waals surface area (Å²) in [4.78, 5) is 4.29. The van der Waals surface area contributed by atoms with Crippen LogP contribution in [-0.2, 0) is 6.54 Å². The average Bonchev–Trinajstić information content (AvgIpc) is 2.37. The van der Waals surface area contributed by atoms with Crippen molar-refractivity contribution in [3.8, 4) is 11.5 Å². The molecule has 1 aromatic heterocycles. The van der Waals surface area contributed by atoms with Gasteiger partial charge in [0, 0.05) is 30.1 Å². The SMILES string of the molecule is CNCc1cnc(C)cc1Oc1cc(C)ccc1Cl. The Balaban J connectivity index is 2.36. The minimum absolute atomic E-state index is 0.607.